The van der Waals surface area contributed by atoms with Crippen molar-refractivity contribution in [2.24, 2.45) is 0 Å². The number of rotatable bonds is 4. The van der Waals surface area contributed by atoms with E-state index in [1.165, 1.54) is 4.31 Å². The Labute approximate surface area is 170 Å². The zero-order valence-corrected chi connectivity index (χ0v) is 17.2. The van der Waals surface area contributed by atoms with Crippen LogP contribution in [0.3, 0.4) is 0 Å². The molecule has 1 saturated heterocycles. The van der Waals surface area contributed by atoms with Crippen molar-refractivity contribution in [1.82, 2.24) is 4.90 Å². The lowest BCUT2D eigenvalue weighted by molar-refractivity contribution is 0.0784. The number of amides is 1. The molecular formula is C21H24N2O5S. The molecule has 1 fully saturated rings. The first-order chi connectivity index (χ1) is 13.9. The van der Waals surface area contributed by atoms with Gasteiger partial charge in [-0.3, -0.25) is 9.10 Å². The SMILES string of the molecule is CN(Cc1ccc2c(c1)OCCO2)C(=O)c1cccc(N2CCCCS2(=O)=O)c1. The average Bonchev–Trinajstić information content (AvgIpc) is 2.73. The number of ether oxygens (including phenoxy) is 2. The molecule has 2 aromatic carbocycles. The summed E-state index contributed by atoms with van der Waals surface area (Å²) in [5.41, 5.74) is 1.94. The molecule has 7 nitrogen and oxygen atoms in total. The topological polar surface area (TPSA) is 76.2 Å². The Morgan fingerprint density at radius 3 is 2.66 bits per heavy atom. The van der Waals surface area contributed by atoms with E-state index in [2.05, 4.69) is 0 Å². The molecule has 1 amide bonds. The van der Waals surface area contributed by atoms with Crippen LogP contribution in [-0.4, -0.2) is 51.8 Å². The van der Waals surface area contributed by atoms with Crippen molar-refractivity contribution in [2.45, 2.75) is 19.4 Å². The van der Waals surface area contributed by atoms with Gasteiger partial charge in [0.25, 0.3) is 5.91 Å². The first-order valence-corrected chi connectivity index (χ1v) is 11.3. The van der Waals surface area contributed by atoms with Gasteiger partial charge in [0, 0.05) is 25.7 Å². The molecule has 2 aliphatic rings. The fraction of sp³-hybridized carbons (Fsp3) is 0.381. The number of nitrogens with zero attached hydrogens (tertiary/aromatic N) is 2. The summed E-state index contributed by atoms with van der Waals surface area (Å²) < 4.78 is 37.3. The Balaban J connectivity index is 1.50. The number of carbonyl (C=O) groups excluding carboxylic acids is 1. The highest BCUT2D eigenvalue weighted by Crippen LogP contribution is 2.31. The predicted octanol–water partition coefficient (Wildman–Crippen LogP) is 2.66. The van der Waals surface area contributed by atoms with Gasteiger partial charge < -0.3 is 14.4 Å². The number of sulfonamides is 1. The van der Waals surface area contributed by atoms with Gasteiger partial charge in [-0.15, -0.1) is 0 Å². The molecule has 0 spiro atoms. The highest BCUT2D eigenvalue weighted by Gasteiger charge is 2.26. The van der Waals surface area contributed by atoms with Gasteiger partial charge in [0.2, 0.25) is 10.0 Å². The number of fused-ring (bicyclic) bond motifs is 1. The van der Waals surface area contributed by atoms with Gasteiger partial charge in [-0.2, -0.15) is 0 Å². The normalized spacial score (nSPS) is 17.6. The Hall–Kier alpha value is -2.74. The Bertz CT molecular complexity index is 1020. The van der Waals surface area contributed by atoms with Gasteiger partial charge in [0.1, 0.15) is 13.2 Å². The summed E-state index contributed by atoms with van der Waals surface area (Å²) in [5, 5.41) is 0. The summed E-state index contributed by atoms with van der Waals surface area (Å²) in [6.45, 7) is 1.90. The van der Waals surface area contributed by atoms with Gasteiger partial charge in [-0.25, -0.2) is 8.42 Å². The van der Waals surface area contributed by atoms with Gasteiger partial charge >= 0.3 is 0 Å². The van der Waals surface area contributed by atoms with Crippen molar-refractivity contribution in [1.29, 1.82) is 0 Å². The van der Waals surface area contributed by atoms with E-state index in [4.69, 9.17) is 9.47 Å². The maximum atomic E-state index is 12.9. The fourth-order valence-corrected chi connectivity index (χ4v) is 5.26. The monoisotopic (exact) mass is 416 g/mol. The largest absolute Gasteiger partial charge is 0.486 e. The summed E-state index contributed by atoms with van der Waals surface area (Å²) in [5.74, 6) is 1.38. The van der Waals surface area contributed by atoms with Crippen LogP contribution in [0.1, 0.15) is 28.8 Å². The first-order valence-electron chi connectivity index (χ1n) is 9.68. The smallest absolute Gasteiger partial charge is 0.253 e. The summed E-state index contributed by atoms with van der Waals surface area (Å²) in [6, 6.07) is 12.5. The van der Waals surface area contributed by atoms with Crippen LogP contribution in [0.25, 0.3) is 0 Å². The second-order valence-electron chi connectivity index (χ2n) is 7.28. The first kappa shape index (κ1) is 19.6. The standard InChI is InChI=1S/C21H24N2O5S/c1-22(15-16-7-8-19-20(13-16)28-11-10-27-19)21(24)17-5-4-6-18(14-17)23-9-2-3-12-29(23,25)26/h4-8,13-14H,2-3,9-12,15H2,1H3. The van der Waals surface area contributed by atoms with Crippen LogP contribution in [0.15, 0.2) is 42.5 Å². The van der Waals surface area contributed by atoms with Crippen molar-refractivity contribution >= 4 is 21.6 Å². The van der Waals surface area contributed by atoms with Crippen molar-refractivity contribution in [3.8, 4) is 11.5 Å². The minimum atomic E-state index is -3.31. The van der Waals surface area contributed by atoms with Crippen LogP contribution in [0.4, 0.5) is 5.69 Å². The van der Waals surface area contributed by atoms with Crippen molar-refractivity contribution in [2.75, 3.05) is 36.9 Å². The lowest BCUT2D eigenvalue weighted by Gasteiger charge is -2.28. The van der Waals surface area contributed by atoms with E-state index >= 15 is 0 Å². The van der Waals surface area contributed by atoms with E-state index in [0.717, 1.165) is 12.0 Å². The molecule has 2 aliphatic heterocycles. The highest BCUT2D eigenvalue weighted by atomic mass is 32.2. The molecule has 0 atom stereocenters. The number of anilines is 1. The third-order valence-electron chi connectivity index (χ3n) is 5.10. The molecule has 0 aromatic heterocycles. The van der Waals surface area contributed by atoms with Gasteiger partial charge in [0.15, 0.2) is 11.5 Å². The molecule has 0 radical (unpaired) electrons. The zero-order valence-electron chi connectivity index (χ0n) is 16.3. The lowest BCUT2D eigenvalue weighted by atomic mass is 10.1. The second kappa shape index (κ2) is 7.94. The molecule has 0 saturated carbocycles. The Kier molecular flexibility index (Phi) is 5.36. The van der Waals surface area contributed by atoms with Gasteiger partial charge in [-0.05, 0) is 48.7 Å². The average molecular weight is 416 g/mol. The second-order valence-corrected chi connectivity index (χ2v) is 9.30. The van der Waals surface area contributed by atoms with Crippen LogP contribution in [0.5, 0.6) is 11.5 Å². The minimum absolute atomic E-state index is 0.148. The Morgan fingerprint density at radius 1 is 1.07 bits per heavy atom. The summed E-state index contributed by atoms with van der Waals surface area (Å²) in [4.78, 5) is 14.5. The molecule has 0 unspecified atom stereocenters. The molecule has 154 valence electrons. The third kappa shape index (κ3) is 4.17. The highest BCUT2D eigenvalue weighted by molar-refractivity contribution is 7.92. The summed E-state index contributed by atoms with van der Waals surface area (Å²) >= 11 is 0. The minimum Gasteiger partial charge on any atom is -0.486 e. The van der Waals surface area contributed by atoms with Gasteiger partial charge in [-0.1, -0.05) is 12.1 Å². The van der Waals surface area contributed by atoms with Crippen LogP contribution in [-0.2, 0) is 16.6 Å². The molecule has 8 heteroatoms. The van der Waals surface area contributed by atoms with Gasteiger partial charge in [0.05, 0.1) is 11.4 Å². The van der Waals surface area contributed by atoms with E-state index in [9.17, 15) is 13.2 Å². The van der Waals surface area contributed by atoms with Crippen LogP contribution < -0.4 is 13.8 Å². The van der Waals surface area contributed by atoms with Crippen LogP contribution in [0.2, 0.25) is 0 Å². The number of hydrogen-bond donors (Lipinski definition) is 0. The van der Waals surface area contributed by atoms with E-state index in [1.807, 2.05) is 18.2 Å². The van der Waals surface area contributed by atoms with E-state index in [1.54, 1.807) is 36.2 Å². The Morgan fingerprint density at radius 2 is 1.86 bits per heavy atom. The van der Waals surface area contributed by atoms with Crippen molar-refractivity contribution < 1.29 is 22.7 Å². The van der Waals surface area contributed by atoms with E-state index in [0.29, 0.717) is 55.5 Å². The molecule has 0 N–H and O–H groups in total. The molecular weight excluding hydrogens is 392 g/mol. The molecule has 4 rings (SSSR count). The van der Waals surface area contributed by atoms with Crippen LogP contribution in [0, 0.1) is 0 Å². The number of benzene rings is 2. The number of hydrogen-bond acceptors (Lipinski definition) is 5. The fourth-order valence-electron chi connectivity index (χ4n) is 3.63. The third-order valence-corrected chi connectivity index (χ3v) is 6.97. The lowest BCUT2D eigenvalue weighted by Crippen LogP contribution is -2.38. The molecule has 29 heavy (non-hydrogen) atoms. The molecule has 2 aromatic rings. The van der Waals surface area contributed by atoms with Crippen molar-refractivity contribution in [3.63, 3.8) is 0 Å². The maximum Gasteiger partial charge on any atom is 0.253 e. The predicted molar refractivity (Wildman–Crippen MR) is 110 cm³/mol. The molecule has 0 bridgehead atoms. The van der Waals surface area contributed by atoms with E-state index in [-0.39, 0.29) is 11.7 Å². The van der Waals surface area contributed by atoms with Crippen molar-refractivity contribution in [3.05, 3.63) is 53.6 Å². The zero-order chi connectivity index (χ0) is 20.4. The van der Waals surface area contributed by atoms with Crippen LogP contribution >= 0.6 is 0 Å². The quantitative estimate of drug-likeness (QED) is 0.766. The summed E-state index contributed by atoms with van der Waals surface area (Å²) in [6.07, 6.45) is 1.50. The molecule has 0 aliphatic carbocycles. The maximum absolute atomic E-state index is 12.9. The summed E-state index contributed by atoms with van der Waals surface area (Å²) in [7, 11) is -1.59. The number of carbonyl (C=O) groups is 1. The van der Waals surface area contributed by atoms with E-state index < -0.39 is 10.0 Å². The molecule has 2 heterocycles.